The van der Waals surface area contributed by atoms with E-state index in [0.717, 1.165) is 30.2 Å². The number of ether oxygens (including phenoxy) is 1. The van der Waals surface area contributed by atoms with Crippen molar-refractivity contribution in [1.82, 2.24) is 19.6 Å². The van der Waals surface area contributed by atoms with Gasteiger partial charge in [0.05, 0.1) is 35.6 Å². The van der Waals surface area contributed by atoms with Crippen molar-refractivity contribution in [1.29, 1.82) is 10.5 Å². The van der Waals surface area contributed by atoms with Crippen LogP contribution in [0.5, 0.6) is 5.75 Å². The molecule has 0 radical (unpaired) electrons. The van der Waals surface area contributed by atoms with Crippen molar-refractivity contribution in [2.45, 2.75) is 31.4 Å². The topological polar surface area (TPSA) is 135 Å². The molecule has 0 amide bonds. The lowest BCUT2D eigenvalue weighted by Gasteiger charge is -2.24. The van der Waals surface area contributed by atoms with Gasteiger partial charge in [-0.1, -0.05) is 23.7 Å². The van der Waals surface area contributed by atoms with E-state index in [4.69, 9.17) is 16.3 Å². The van der Waals surface area contributed by atoms with E-state index in [0.29, 0.717) is 18.0 Å². The molecule has 2 heterocycles. The number of nitriles is 2. The lowest BCUT2D eigenvalue weighted by Crippen LogP contribution is -2.27. The van der Waals surface area contributed by atoms with Crippen molar-refractivity contribution in [3.05, 3.63) is 70.0 Å². The fraction of sp³-hybridized carbons (Fsp3) is 0.269. The maximum atomic E-state index is 14.4. The van der Waals surface area contributed by atoms with Gasteiger partial charge in [0.25, 0.3) is 5.92 Å². The summed E-state index contributed by atoms with van der Waals surface area (Å²) in [7, 11) is 1.59. The maximum Gasteiger partial charge on any atom is 0.297 e. The summed E-state index contributed by atoms with van der Waals surface area (Å²) < 4.78 is 35.4. The van der Waals surface area contributed by atoms with Crippen LogP contribution in [0.2, 0.25) is 5.02 Å². The molecule has 39 heavy (non-hydrogen) atoms. The summed E-state index contributed by atoms with van der Waals surface area (Å²) in [6.45, 7) is -1.01. The smallest absolute Gasteiger partial charge is 0.297 e. The molecule has 5 rings (SSSR count). The summed E-state index contributed by atoms with van der Waals surface area (Å²) in [5.41, 5.74) is 0.598. The number of aliphatic hydroxyl groups is 1. The molecule has 198 valence electrons. The Morgan fingerprint density at radius 3 is 2.59 bits per heavy atom. The van der Waals surface area contributed by atoms with E-state index in [-0.39, 0.29) is 28.9 Å². The molecular formula is C26H21ClF2N8O2. The lowest BCUT2D eigenvalue weighted by molar-refractivity contribution is -0.0555. The predicted molar refractivity (Wildman–Crippen MR) is 138 cm³/mol. The van der Waals surface area contributed by atoms with E-state index in [1.54, 1.807) is 7.11 Å². The summed E-state index contributed by atoms with van der Waals surface area (Å²) in [5, 5.41) is 35.0. The first-order valence-corrected chi connectivity index (χ1v) is 12.2. The molecule has 0 atom stereocenters. The van der Waals surface area contributed by atoms with Gasteiger partial charge in [-0.05, 0) is 42.7 Å². The highest BCUT2D eigenvalue weighted by atomic mass is 35.5. The van der Waals surface area contributed by atoms with Crippen LogP contribution in [0.3, 0.4) is 0 Å². The standard InChI is InChI=1S/C26H21ClF2N8O2/c1-39-19-6-2-15(3-7-19)13-36(17-4-5-17)24-23-32-12-18(11-31)37(23)35-25(34-24)33-21-9-16(10-30)8-20(22(21)27)26(28,29)14-38/h2-3,6-9,12,17,38H,4-5,13-14H2,1H3,(H,33,35). The molecule has 2 aromatic heterocycles. The van der Waals surface area contributed by atoms with Gasteiger partial charge < -0.3 is 20.1 Å². The number of hydrogen-bond donors (Lipinski definition) is 2. The molecule has 1 fully saturated rings. The highest BCUT2D eigenvalue weighted by Gasteiger charge is 2.35. The van der Waals surface area contributed by atoms with Gasteiger partial charge in [-0.25, -0.2) is 4.98 Å². The number of fused-ring (bicyclic) bond motifs is 1. The Labute approximate surface area is 226 Å². The highest BCUT2D eigenvalue weighted by molar-refractivity contribution is 6.34. The van der Waals surface area contributed by atoms with E-state index in [2.05, 4.69) is 25.3 Å². The number of methoxy groups -OCH3 is 1. The summed E-state index contributed by atoms with van der Waals surface area (Å²) in [5.74, 6) is -2.58. The maximum absolute atomic E-state index is 14.4. The molecule has 4 aromatic rings. The monoisotopic (exact) mass is 550 g/mol. The summed E-state index contributed by atoms with van der Waals surface area (Å²) in [4.78, 5) is 11.1. The van der Waals surface area contributed by atoms with Crippen molar-refractivity contribution in [3.8, 4) is 17.9 Å². The van der Waals surface area contributed by atoms with Crippen molar-refractivity contribution in [2.24, 2.45) is 0 Å². The second kappa shape index (κ2) is 10.3. The number of rotatable bonds is 9. The van der Waals surface area contributed by atoms with Gasteiger partial charge in [0.2, 0.25) is 5.95 Å². The van der Waals surface area contributed by atoms with E-state index in [1.807, 2.05) is 36.4 Å². The molecule has 13 heteroatoms. The SMILES string of the molecule is COc1ccc(CN(c2nc(Nc3cc(C#N)cc(C(F)(F)CO)c3Cl)nn3c(C#N)cnc23)C2CC2)cc1. The van der Waals surface area contributed by atoms with Crippen molar-refractivity contribution in [2.75, 3.05) is 23.9 Å². The first-order valence-electron chi connectivity index (χ1n) is 11.8. The van der Waals surface area contributed by atoms with Gasteiger partial charge in [-0.2, -0.15) is 28.8 Å². The molecule has 0 aliphatic heterocycles. The second-order valence-corrected chi connectivity index (χ2v) is 9.32. The van der Waals surface area contributed by atoms with Crippen LogP contribution in [0.4, 0.5) is 26.2 Å². The third-order valence-electron chi connectivity index (χ3n) is 6.27. The first kappa shape index (κ1) is 26.1. The number of alkyl halides is 2. The Bertz CT molecular complexity index is 1620. The largest absolute Gasteiger partial charge is 0.497 e. The molecule has 1 aliphatic rings. The van der Waals surface area contributed by atoms with Gasteiger partial charge >= 0.3 is 0 Å². The molecule has 2 N–H and O–H groups in total. The molecular weight excluding hydrogens is 530 g/mol. The van der Waals surface area contributed by atoms with Crippen LogP contribution < -0.4 is 15.0 Å². The minimum Gasteiger partial charge on any atom is -0.497 e. The third kappa shape index (κ3) is 5.12. The van der Waals surface area contributed by atoms with Crippen LogP contribution in [0.25, 0.3) is 5.65 Å². The number of imidazole rings is 1. The zero-order chi connectivity index (χ0) is 27.7. The number of aromatic nitrogens is 4. The molecule has 2 aromatic carbocycles. The minimum absolute atomic E-state index is 0.0531. The Hall–Kier alpha value is -4.52. The van der Waals surface area contributed by atoms with Crippen molar-refractivity contribution >= 4 is 34.7 Å². The molecule has 1 saturated carbocycles. The normalized spacial score (nSPS) is 13.1. The van der Waals surface area contributed by atoms with Crippen LogP contribution in [0.1, 0.15) is 35.2 Å². The van der Waals surface area contributed by atoms with E-state index in [1.165, 1.54) is 16.8 Å². The fourth-order valence-corrected chi connectivity index (χ4v) is 4.43. The minimum atomic E-state index is -3.68. The number of hydrogen-bond acceptors (Lipinski definition) is 9. The summed E-state index contributed by atoms with van der Waals surface area (Å²) >= 11 is 6.29. The highest BCUT2D eigenvalue weighted by Crippen LogP contribution is 2.40. The quantitative estimate of drug-likeness (QED) is 0.308. The number of halogens is 3. The van der Waals surface area contributed by atoms with Crippen molar-refractivity contribution in [3.63, 3.8) is 0 Å². The Morgan fingerprint density at radius 2 is 1.97 bits per heavy atom. The van der Waals surface area contributed by atoms with E-state index in [9.17, 15) is 24.4 Å². The number of nitrogens with zero attached hydrogens (tertiary/aromatic N) is 7. The van der Waals surface area contributed by atoms with E-state index < -0.39 is 23.1 Å². The number of benzene rings is 2. The Kier molecular flexibility index (Phi) is 6.91. The van der Waals surface area contributed by atoms with Gasteiger partial charge in [-0.3, -0.25) is 0 Å². The summed E-state index contributed by atoms with van der Waals surface area (Å²) in [6.07, 6.45) is 3.23. The average molecular weight is 551 g/mol. The second-order valence-electron chi connectivity index (χ2n) is 8.94. The lowest BCUT2D eigenvalue weighted by atomic mass is 10.0. The number of aliphatic hydroxyl groups excluding tert-OH is 1. The van der Waals surface area contributed by atoms with Gasteiger partial charge in [-0.15, -0.1) is 5.10 Å². The Balaban J connectivity index is 1.60. The Morgan fingerprint density at radius 1 is 1.23 bits per heavy atom. The zero-order valence-corrected chi connectivity index (χ0v) is 21.3. The molecule has 0 unspecified atom stereocenters. The van der Waals surface area contributed by atoms with Crippen LogP contribution in [-0.2, 0) is 12.5 Å². The molecule has 0 saturated heterocycles. The zero-order valence-electron chi connectivity index (χ0n) is 20.6. The molecule has 0 bridgehead atoms. The molecule has 1 aliphatic carbocycles. The fourth-order valence-electron chi connectivity index (χ4n) is 4.13. The van der Waals surface area contributed by atoms with Crippen molar-refractivity contribution < 1.29 is 18.6 Å². The van der Waals surface area contributed by atoms with E-state index >= 15 is 0 Å². The summed E-state index contributed by atoms with van der Waals surface area (Å²) in [6, 6.07) is 13.8. The molecule has 10 nitrogen and oxygen atoms in total. The van der Waals surface area contributed by atoms with Crippen LogP contribution in [-0.4, -0.2) is 44.4 Å². The number of nitrogens with one attached hydrogen (secondary N) is 1. The third-order valence-corrected chi connectivity index (χ3v) is 6.68. The van der Waals surface area contributed by atoms with Crippen LogP contribution in [0, 0.1) is 22.7 Å². The predicted octanol–water partition coefficient (Wildman–Crippen LogP) is 4.53. The van der Waals surface area contributed by atoms with Gasteiger partial charge in [0.15, 0.2) is 17.2 Å². The number of anilines is 3. The van der Waals surface area contributed by atoms with Gasteiger partial charge in [0, 0.05) is 18.2 Å². The van der Waals surface area contributed by atoms with Crippen LogP contribution >= 0.6 is 11.6 Å². The van der Waals surface area contributed by atoms with Crippen LogP contribution in [0.15, 0.2) is 42.6 Å². The van der Waals surface area contributed by atoms with Gasteiger partial charge in [0.1, 0.15) is 18.4 Å². The molecule has 0 spiro atoms. The first-order chi connectivity index (χ1) is 18.8. The average Bonchev–Trinajstić information content (AvgIpc) is 3.71.